The largest absolute Gasteiger partial charge is 0.460 e. The molecule has 0 atom stereocenters. The van der Waals surface area contributed by atoms with Crippen molar-refractivity contribution in [3.63, 3.8) is 0 Å². The molecule has 3 heterocycles. The number of ether oxygens (including phenoxy) is 1. The summed E-state index contributed by atoms with van der Waals surface area (Å²) >= 11 is 0. The number of amides is 1. The van der Waals surface area contributed by atoms with Gasteiger partial charge in [0.2, 0.25) is 16.8 Å². The quantitative estimate of drug-likeness (QED) is 0.649. The van der Waals surface area contributed by atoms with E-state index in [1.165, 1.54) is 16.4 Å². The Morgan fingerprint density at radius 2 is 1.91 bits per heavy atom. The first kappa shape index (κ1) is 24.0. The molecule has 1 aliphatic rings. The van der Waals surface area contributed by atoms with Crippen molar-refractivity contribution in [1.82, 2.24) is 14.1 Å². The highest BCUT2D eigenvalue weighted by molar-refractivity contribution is 7.89. The molecule has 1 saturated heterocycles. The summed E-state index contributed by atoms with van der Waals surface area (Å²) in [5.41, 5.74) is 0.511. The number of aromatic nitrogens is 2. The van der Waals surface area contributed by atoms with Gasteiger partial charge in [-0.2, -0.15) is 9.40 Å². The van der Waals surface area contributed by atoms with Gasteiger partial charge in [0.25, 0.3) is 10.0 Å². The second-order valence-electron chi connectivity index (χ2n) is 8.76. The van der Waals surface area contributed by atoms with Crippen molar-refractivity contribution in [1.29, 1.82) is 0 Å². The van der Waals surface area contributed by atoms with Crippen LogP contribution in [0.4, 0.5) is 5.82 Å². The molecule has 3 rings (SSSR count). The van der Waals surface area contributed by atoms with Crippen LogP contribution in [-0.4, -0.2) is 54.1 Å². The molecule has 1 aliphatic heterocycles. The highest BCUT2D eigenvalue weighted by Gasteiger charge is 2.35. The summed E-state index contributed by atoms with van der Waals surface area (Å²) in [6, 6.07) is 4.35. The minimum absolute atomic E-state index is 0.157. The Morgan fingerprint density at radius 1 is 1.25 bits per heavy atom. The van der Waals surface area contributed by atoms with Gasteiger partial charge in [-0.1, -0.05) is 0 Å². The number of piperidine rings is 1. The zero-order valence-electron chi connectivity index (χ0n) is 19.0. The smallest absolute Gasteiger partial charge is 0.374 e. The highest BCUT2D eigenvalue weighted by atomic mass is 32.2. The summed E-state index contributed by atoms with van der Waals surface area (Å²) in [6.45, 7) is 10.0. The lowest BCUT2D eigenvalue weighted by Crippen LogP contribution is -2.41. The van der Waals surface area contributed by atoms with E-state index in [-0.39, 0.29) is 47.9 Å². The number of hydrogen-bond acceptors (Lipinski definition) is 7. The molecule has 2 aromatic rings. The number of carbonyl (C=O) groups is 2. The van der Waals surface area contributed by atoms with Crippen LogP contribution in [0.1, 0.15) is 56.8 Å². The summed E-state index contributed by atoms with van der Waals surface area (Å²) in [4.78, 5) is 24.6. The number of hydrogen-bond donors (Lipinski definition) is 1. The maximum Gasteiger partial charge on any atom is 0.374 e. The van der Waals surface area contributed by atoms with E-state index < -0.39 is 16.0 Å². The monoisotopic (exact) mass is 466 g/mol. The van der Waals surface area contributed by atoms with Crippen molar-refractivity contribution < 1.29 is 27.2 Å². The minimum Gasteiger partial charge on any atom is -0.460 e. The molecular formula is C21H30N4O6S. The molecule has 1 amide bonds. The molecule has 1 N–H and O–H groups in total. The maximum absolute atomic E-state index is 12.9. The van der Waals surface area contributed by atoms with Gasteiger partial charge < -0.3 is 14.5 Å². The van der Waals surface area contributed by atoms with Crippen molar-refractivity contribution >= 4 is 27.7 Å². The predicted octanol–water partition coefficient (Wildman–Crippen LogP) is 2.76. The third-order valence-electron chi connectivity index (χ3n) is 5.20. The van der Waals surface area contributed by atoms with E-state index in [0.717, 1.165) is 5.69 Å². The first-order valence-electron chi connectivity index (χ1n) is 10.6. The lowest BCUT2D eigenvalue weighted by Gasteiger charge is -2.30. The second kappa shape index (κ2) is 9.07. The van der Waals surface area contributed by atoms with Crippen molar-refractivity contribution in [2.75, 3.05) is 25.0 Å². The second-order valence-corrected chi connectivity index (χ2v) is 10.6. The third-order valence-corrected chi connectivity index (χ3v) is 6.97. The Bertz CT molecular complexity index is 1090. The summed E-state index contributed by atoms with van der Waals surface area (Å²) in [5.74, 6) is -0.733. The molecule has 0 saturated carbocycles. The predicted molar refractivity (Wildman–Crippen MR) is 117 cm³/mol. The van der Waals surface area contributed by atoms with Crippen molar-refractivity contribution in [3.8, 4) is 0 Å². The van der Waals surface area contributed by atoms with Crippen LogP contribution in [0.3, 0.4) is 0 Å². The number of anilines is 1. The van der Waals surface area contributed by atoms with Crippen LogP contribution in [0.25, 0.3) is 0 Å². The molecule has 11 heteroatoms. The molecule has 176 valence electrons. The van der Waals surface area contributed by atoms with Gasteiger partial charge in [0.1, 0.15) is 5.82 Å². The maximum atomic E-state index is 12.9. The van der Waals surface area contributed by atoms with E-state index in [2.05, 4.69) is 10.4 Å². The van der Waals surface area contributed by atoms with E-state index >= 15 is 0 Å². The molecule has 0 aromatic carbocycles. The number of nitrogens with zero attached hydrogens (tertiary/aromatic N) is 3. The van der Waals surface area contributed by atoms with Gasteiger partial charge >= 0.3 is 5.97 Å². The number of sulfonamides is 1. The molecule has 0 unspecified atom stereocenters. The molecule has 32 heavy (non-hydrogen) atoms. The van der Waals surface area contributed by atoms with Crippen molar-refractivity contribution in [3.05, 3.63) is 29.7 Å². The Balaban J connectivity index is 1.64. The zero-order chi connectivity index (χ0) is 23.7. The van der Waals surface area contributed by atoms with E-state index in [0.29, 0.717) is 18.7 Å². The van der Waals surface area contributed by atoms with Crippen molar-refractivity contribution in [2.45, 2.75) is 58.1 Å². The fraction of sp³-hybridized carbons (Fsp3) is 0.571. The van der Waals surface area contributed by atoms with Gasteiger partial charge in [-0.05, 0) is 59.6 Å². The van der Waals surface area contributed by atoms with Crippen LogP contribution in [0.5, 0.6) is 0 Å². The Kier molecular flexibility index (Phi) is 6.80. The van der Waals surface area contributed by atoms with Gasteiger partial charge in [-0.15, -0.1) is 0 Å². The van der Waals surface area contributed by atoms with Gasteiger partial charge in [0.15, 0.2) is 0 Å². The molecule has 1 fully saturated rings. The van der Waals surface area contributed by atoms with Gasteiger partial charge in [-0.25, -0.2) is 17.9 Å². The first-order chi connectivity index (χ1) is 14.9. The molecule has 0 spiro atoms. The van der Waals surface area contributed by atoms with Gasteiger partial charge in [0, 0.05) is 25.1 Å². The molecular weight excluding hydrogens is 436 g/mol. The molecule has 0 radical (unpaired) electrons. The lowest BCUT2D eigenvalue weighted by molar-refractivity contribution is -0.121. The Labute approximate surface area is 188 Å². The Hall–Kier alpha value is -2.66. The Morgan fingerprint density at radius 3 is 2.50 bits per heavy atom. The fourth-order valence-electron chi connectivity index (χ4n) is 3.58. The molecule has 2 aromatic heterocycles. The standard InChI is InChI=1S/C21H30N4O6S/c1-6-30-20(27)16-7-8-18(31-16)32(28,29)24-11-9-15(10-12-24)19(26)22-17-13-14(2)23-25(17)21(3,4)5/h7-8,13,15H,6,9-12H2,1-5H3,(H,22,26). The average molecular weight is 467 g/mol. The number of nitrogens with one attached hydrogen (secondary N) is 1. The number of furan rings is 1. The van der Waals surface area contributed by atoms with Crippen LogP contribution >= 0.6 is 0 Å². The molecule has 0 aliphatic carbocycles. The van der Waals surface area contributed by atoms with E-state index in [9.17, 15) is 18.0 Å². The normalized spacial score (nSPS) is 16.2. The number of aryl methyl sites for hydroxylation is 1. The van der Waals surface area contributed by atoms with Gasteiger partial charge in [0.05, 0.1) is 17.8 Å². The van der Waals surface area contributed by atoms with Crippen LogP contribution in [0.15, 0.2) is 27.7 Å². The lowest BCUT2D eigenvalue weighted by atomic mass is 9.97. The molecule has 10 nitrogen and oxygen atoms in total. The SMILES string of the molecule is CCOC(=O)c1ccc(S(=O)(=O)N2CCC(C(=O)Nc3cc(C)nn3C(C)(C)C)CC2)o1. The fourth-order valence-corrected chi connectivity index (χ4v) is 4.97. The van der Waals surface area contributed by atoms with Gasteiger partial charge in [-0.3, -0.25) is 4.79 Å². The minimum atomic E-state index is -3.91. The van der Waals surface area contributed by atoms with E-state index in [1.54, 1.807) is 11.6 Å². The van der Waals surface area contributed by atoms with Crippen molar-refractivity contribution in [2.24, 2.45) is 5.92 Å². The van der Waals surface area contributed by atoms with Crippen LogP contribution < -0.4 is 5.32 Å². The molecule has 0 bridgehead atoms. The summed E-state index contributed by atoms with van der Waals surface area (Å²) < 4.78 is 38.8. The number of esters is 1. The highest BCUT2D eigenvalue weighted by Crippen LogP contribution is 2.27. The van der Waals surface area contributed by atoms with Crippen LogP contribution in [0.2, 0.25) is 0 Å². The summed E-state index contributed by atoms with van der Waals surface area (Å²) in [6.07, 6.45) is 0.748. The first-order valence-corrected chi connectivity index (χ1v) is 12.0. The summed E-state index contributed by atoms with van der Waals surface area (Å²) in [7, 11) is -3.91. The topological polar surface area (TPSA) is 124 Å². The van der Waals surface area contributed by atoms with E-state index in [1.807, 2.05) is 33.8 Å². The average Bonchev–Trinajstić information content (AvgIpc) is 3.35. The number of rotatable bonds is 6. The number of carbonyl (C=O) groups excluding carboxylic acids is 2. The van der Waals surface area contributed by atoms with Crippen LogP contribution in [0, 0.1) is 12.8 Å². The third kappa shape index (κ3) is 5.04. The van der Waals surface area contributed by atoms with Crippen LogP contribution in [-0.2, 0) is 25.1 Å². The summed E-state index contributed by atoms with van der Waals surface area (Å²) in [5, 5.41) is 7.09. The zero-order valence-corrected chi connectivity index (χ0v) is 19.9. The van der Waals surface area contributed by atoms with E-state index in [4.69, 9.17) is 9.15 Å².